The predicted molar refractivity (Wildman–Crippen MR) is 83.5 cm³/mol. The second-order valence-electron chi connectivity index (χ2n) is 5.96. The molecule has 4 heteroatoms. The van der Waals surface area contributed by atoms with Gasteiger partial charge in [0.15, 0.2) is 0 Å². The quantitative estimate of drug-likeness (QED) is 0.892. The molecular weight excluding hydrogens is 264 g/mol. The lowest BCUT2D eigenvalue weighted by Gasteiger charge is -2.09. The molecule has 1 fully saturated rings. The van der Waals surface area contributed by atoms with Gasteiger partial charge in [-0.05, 0) is 49.3 Å². The second-order valence-corrected chi connectivity index (χ2v) is 5.96. The summed E-state index contributed by atoms with van der Waals surface area (Å²) < 4.78 is 5.60. The van der Waals surface area contributed by atoms with E-state index in [1.807, 2.05) is 6.07 Å². The molecule has 0 saturated carbocycles. The van der Waals surface area contributed by atoms with E-state index in [0.29, 0.717) is 12.6 Å². The number of nitrogens with two attached hydrogens (primary N) is 1. The van der Waals surface area contributed by atoms with Crippen molar-refractivity contribution in [3.63, 3.8) is 0 Å². The molecule has 3 N–H and O–H groups in total. The molecule has 0 aliphatic carbocycles. The molecule has 2 aromatic rings. The number of ether oxygens (including phenoxy) is 1. The molecule has 1 atom stereocenters. The van der Waals surface area contributed by atoms with Crippen molar-refractivity contribution in [1.82, 2.24) is 4.98 Å². The Kier molecular flexibility index (Phi) is 4.08. The molecule has 0 spiro atoms. The third-order valence-corrected chi connectivity index (χ3v) is 4.45. The molecule has 1 aliphatic rings. The molecule has 0 amide bonds. The molecule has 4 nitrogen and oxygen atoms in total. The predicted octanol–water partition coefficient (Wildman–Crippen LogP) is 1.39. The molecule has 1 aromatic carbocycles. The summed E-state index contributed by atoms with van der Waals surface area (Å²) in [5.41, 5.74) is 4.18. The van der Waals surface area contributed by atoms with E-state index in [1.165, 1.54) is 5.56 Å². The van der Waals surface area contributed by atoms with Gasteiger partial charge < -0.3 is 15.0 Å². The maximum absolute atomic E-state index is 12.2. The number of H-pyrrole nitrogens is 1. The molecule has 21 heavy (non-hydrogen) atoms. The van der Waals surface area contributed by atoms with Crippen molar-refractivity contribution in [2.75, 3.05) is 13.2 Å². The summed E-state index contributed by atoms with van der Waals surface area (Å²) in [6.45, 7) is 6.64. The summed E-state index contributed by atoms with van der Waals surface area (Å²) in [4.78, 5) is 15.3. The maximum atomic E-state index is 12.2. The van der Waals surface area contributed by atoms with E-state index in [-0.39, 0.29) is 5.56 Å². The van der Waals surface area contributed by atoms with Gasteiger partial charge in [0.1, 0.15) is 19.2 Å². The largest absolute Gasteiger partial charge is 0.372 e. The van der Waals surface area contributed by atoms with Crippen molar-refractivity contribution in [3.05, 3.63) is 45.2 Å². The van der Waals surface area contributed by atoms with Gasteiger partial charge >= 0.3 is 0 Å². The Hall–Kier alpha value is -1.65. The number of rotatable bonds is 4. The van der Waals surface area contributed by atoms with E-state index in [4.69, 9.17) is 4.74 Å². The highest BCUT2D eigenvalue weighted by molar-refractivity contribution is 5.83. The molecule has 0 radical (unpaired) electrons. The van der Waals surface area contributed by atoms with Crippen LogP contribution in [0.15, 0.2) is 23.0 Å². The Labute approximate surface area is 124 Å². The average Bonchev–Trinajstić information content (AvgIpc) is 2.98. The number of nitrogens with one attached hydrogen (secondary N) is 1. The normalized spacial score (nSPS) is 18.5. The highest BCUT2D eigenvalue weighted by atomic mass is 16.5. The zero-order valence-corrected chi connectivity index (χ0v) is 12.7. The first-order chi connectivity index (χ1) is 10.1. The Balaban J connectivity index is 1.77. The maximum Gasteiger partial charge on any atom is 0.257 e. The smallest absolute Gasteiger partial charge is 0.257 e. The van der Waals surface area contributed by atoms with Crippen molar-refractivity contribution < 1.29 is 10.1 Å². The molecule has 3 rings (SSSR count). The summed E-state index contributed by atoms with van der Waals surface area (Å²) in [5, 5.41) is 3.28. The van der Waals surface area contributed by atoms with Crippen LogP contribution in [0.4, 0.5) is 0 Å². The number of aryl methyl sites for hydroxylation is 2. The van der Waals surface area contributed by atoms with Crippen LogP contribution in [0.25, 0.3) is 10.9 Å². The molecular formula is C17H23N2O2+. The molecule has 0 bridgehead atoms. The van der Waals surface area contributed by atoms with Crippen LogP contribution in [-0.2, 0) is 11.3 Å². The standard InChI is InChI=1S/C17H22N2O2/c1-11-5-6-13-8-14(17(20)19-16(13)12(11)2)9-18-10-15-4-3-7-21-15/h5-6,8,15,18H,3-4,7,9-10H2,1-2H3,(H,19,20)/p+1/t15-/m0/s1. The van der Waals surface area contributed by atoms with Crippen LogP contribution in [0.3, 0.4) is 0 Å². The fraction of sp³-hybridized carbons (Fsp3) is 0.471. The third kappa shape index (κ3) is 3.01. The average molecular weight is 287 g/mol. The van der Waals surface area contributed by atoms with Crippen molar-refractivity contribution in [3.8, 4) is 0 Å². The second kappa shape index (κ2) is 6.00. The van der Waals surface area contributed by atoms with Gasteiger partial charge in [-0.25, -0.2) is 0 Å². The minimum Gasteiger partial charge on any atom is -0.372 e. The van der Waals surface area contributed by atoms with Gasteiger partial charge in [0.2, 0.25) is 0 Å². The van der Waals surface area contributed by atoms with E-state index in [0.717, 1.165) is 48.0 Å². The van der Waals surface area contributed by atoms with Gasteiger partial charge in [0, 0.05) is 6.61 Å². The summed E-state index contributed by atoms with van der Waals surface area (Å²) in [6, 6.07) is 6.21. The summed E-state index contributed by atoms with van der Waals surface area (Å²) in [7, 11) is 0. The van der Waals surface area contributed by atoms with Crippen LogP contribution in [0.2, 0.25) is 0 Å². The van der Waals surface area contributed by atoms with Gasteiger partial charge in [-0.15, -0.1) is 0 Å². The number of fused-ring (bicyclic) bond motifs is 1. The third-order valence-electron chi connectivity index (χ3n) is 4.45. The van der Waals surface area contributed by atoms with Gasteiger partial charge in [-0.1, -0.05) is 12.1 Å². The lowest BCUT2D eigenvalue weighted by molar-refractivity contribution is -0.676. The van der Waals surface area contributed by atoms with E-state index < -0.39 is 0 Å². The van der Waals surface area contributed by atoms with E-state index >= 15 is 0 Å². The van der Waals surface area contributed by atoms with Crippen molar-refractivity contribution in [1.29, 1.82) is 0 Å². The summed E-state index contributed by atoms with van der Waals surface area (Å²) >= 11 is 0. The summed E-state index contributed by atoms with van der Waals surface area (Å²) in [5.74, 6) is 0. The van der Waals surface area contributed by atoms with Crippen LogP contribution in [-0.4, -0.2) is 24.2 Å². The van der Waals surface area contributed by atoms with Crippen molar-refractivity contribution in [2.24, 2.45) is 0 Å². The number of hydrogen-bond donors (Lipinski definition) is 2. The van der Waals surface area contributed by atoms with E-state index in [2.05, 4.69) is 36.3 Å². The van der Waals surface area contributed by atoms with Crippen LogP contribution >= 0.6 is 0 Å². The van der Waals surface area contributed by atoms with E-state index in [1.54, 1.807) is 0 Å². The van der Waals surface area contributed by atoms with Gasteiger partial charge in [-0.3, -0.25) is 4.79 Å². The Morgan fingerprint density at radius 2 is 2.24 bits per heavy atom. The first-order valence-electron chi connectivity index (χ1n) is 7.70. The Morgan fingerprint density at radius 3 is 3.00 bits per heavy atom. The number of benzene rings is 1. The van der Waals surface area contributed by atoms with Gasteiger partial charge in [0.25, 0.3) is 5.56 Å². The Morgan fingerprint density at radius 1 is 1.38 bits per heavy atom. The monoisotopic (exact) mass is 287 g/mol. The number of hydrogen-bond acceptors (Lipinski definition) is 2. The van der Waals surface area contributed by atoms with Gasteiger partial charge in [-0.2, -0.15) is 0 Å². The molecule has 112 valence electrons. The Bertz CT molecular complexity index is 700. The fourth-order valence-corrected chi connectivity index (χ4v) is 2.98. The highest BCUT2D eigenvalue weighted by Gasteiger charge is 2.17. The van der Waals surface area contributed by atoms with Gasteiger partial charge in [0.05, 0.1) is 11.1 Å². The summed E-state index contributed by atoms with van der Waals surface area (Å²) in [6.07, 6.45) is 2.66. The zero-order chi connectivity index (χ0) is 14.8. The first-order valence-corrected chi connectivity index (χ1v) is 7.70. The topological polar surface area (TPSA) is 58.7 Å². The molecule has 1 saturated heterocycles. The van der Waals surface area contributed by atoms with Crippen molar-refractivity contribution in [2.45, 2.75) is 39.3 Å². The fourth-order valence-electron chi connectivity index (χ4n) is 2.98. The SMILES string of the molecule is Cc1ccc2cc(C[NH2+]C[C@@H]3CCCO3)c(=O)[nH]c2c1C. The lowest BCUT2D eigenvalue weighted by Crippen LogP contribution is -2.85. The van der Waals surface area contributed by atoms with Crippen LogP contribution in [0, 0.1) is 13.8 Å². The minimum absolute atomic E-state index is 0.0276. The first kappa shape index (κ1) is 14.3. The molecule has 1 aromatic heterocycles. The van der Waals surface area contributed by atoms with Crippen LogP contribution in [0.1, 0.15) is 29.5 Å². The minimum atomic E-state index is 0.0276. The number of quaternary nitrogens is 1. The zero-order valence-electron chi connectivity index (χ0n) is 12.7. The number of aromatic nitrogens is 1. The highest BCUT2D eigenvalue weighted by Crippen LogP contribution is 2.18. The molecule has 1 aliphatic heterocycles. The van der Waals surface area contributed by atoms with Crippen LogP contribution < -0.4 is 10.9 Å². The van der Waals surface area contributed by atoms with Crippen molar-refractivity contribution >= 4 is 10.9 Å². The van der Waals surface area contributed by atoms with E-state index in [9.17, 15) is 4.79 Å². The molecule has 2 heterocycles. The van der Waals surface area contributed by atoms with Crippen LogP contribution in [0.5, 0.6) is 0 Å². The number of pyridine rings is 1. The lowest BCUT2D eigenvalue weighted by atomic mass is 10.0. The molecule has 0 unspecified atom stereocenters. The number of aromatic amines is 1.